The third-order valence-corrected chi connectivity index (χ3v) is 7.62. The van der Waals surface area contributed by atoms with Gasteiger partial charge in [-0.1, -0.05) is 29.8 Å². The maximum atomic E-state index is 13.9. The largest absolute Gasteiger partial charge is 0.495 e. The van der Waals surface area contributed by atoms with Crippen LogP contribution in [0.5, 0.6) is 23.0 Å². The lowest BCUT2D eigenvalue weighted by molar-refractivity contribution is -0.120. The standard InChI is InChI=1S/C27H31ClN2O7S/c1-18-8-6-7-9-23(18)37-17-19(2)29-27(31)16-30(22-14-20(28)10-12-24(22)34-3)38(32,33)21-11-13-25(35-4)26(15-21)36-5/h6-15,19H,16-17H2,1-5H3,(H,29,31). The minimum Gasteiger partial charge on any atom is -0.495 e. The molecule has 3 rings (SSSR count). The van der Waals surface area contributed by atoms with Crippen LogP contribution in [0.2, 0.25) is 5.02 Å². The van der Waals surface area contributed by atoms with Crippen LogP contribution in [0.25, 0.3) is 0 Å². The lowest BCUT2D eigenvalue weighted by atomic mass is 10.2. The molecule has 0 saturated heterocycles. The molecule has 0 radical (unpaired) electrons. The second kappa shape index (κ2) is 12.7. The summed E-state index contributed by atoms with van der Waals surface area (Å²) in [5.41, 5.74) is 1.07. The predicted octanol–water partition coefficient (Wildman–Crippen LogP) is 4.45. The Labute approximate surface area is 228 Å². The Hall–Kier alpha value is -3.63. The molecule has 0 fully saturated rings. The van der Waals surface area contributed by atoms with Gasteiger partial charge in [0.25, 0.3) is 10.0 Å². The topological polar surface area (TPSA) is 103 Å². The van der Waals surface area contributed by atoms with Gasteiger partial charge in [-0.3, -0.25) is 9.10 Å². The van der Waals surface area contributed by atoms with Crippen molar-refractivity contribution in [3.63, 3.8) is 0 Å². The average molecular weight is 563 g/mol. The average Bonchev–Trinajstić information content (AvgIpc) is 2.90. The van der Waals surface area contributed by atoms with Crippen LogP contribution in [-0.2, 0) is 14.8 Å². The molecule has 3 aromatic rings. The fourth-order valence-corrected chi connectivity index (χ4v) is 5.29. The number of hydrogen-bond acceptors (Lipinski definition) is 7. The van der Waals surface area contributed by atoms with Gasteiger partial charge in [-0.05, 0) is 55.8 Å². The maximum Gasteiger partial charge on any atom is 0.265 e. The number of hydrogen-bond donors (Lipinski definition) is 1. The summed E-state index contributed by atoms with van der Waals surface area (Å²) in [5.74, 6) is 0.964. The number of aryl methyl sites for hydroxylation is 1. The molecule has 0 aromatic heterocycles. The van der Waals surface area contributed by atoms with Gasteiger partial charge in [0.1, 0.15) is 24.7 Å². The summed E-state index contributed by atoms with van der Waals surface area (Å²) in [5, 5.41) is 3.07. The molecule has 0 aliphatic rings. The van der Waals surface area contributed by atoms with E-state index in [0.29, 0.717) is 11.5 Å². The molecule has 0 aliphatic carbocycles. The number of halogens is 1. The number of nitrogens with one attached hydrogen (secondary N) is 1. The molecule has 0 bridgehead atoms. The maximum absolute atomic E-state index is 13.9. The van der Waals surface area contributed by atoms with E-state index in [4.69, 9.17) is 30.5 Å². The van der Waals surface area contributed by atoms with Crippen molar-refractivity contribution in [2.45, 2.75) is 24.8 Å². The first-order valence-corrected chi connectivity index (χ1v) is 13.5. The van der Waals surface area contributed by atoms with Crippen LogP contribution in [-0.4, -0.2) is 54.8 Å². The molecular formula is C27H31ClN2O7S. The zero-order valence-electron chi connectivity index (χ0n) is 21.9. The quantitative estimate of drug-likeness (QED) is 0.348. The number of ether oxygens (including phenoxy) is 4. The molecule has 1 atom stereocenters. The molecule has 38 heavy (non-hydrogen) atoms. The normalized spacial score (nSPS) is 11.8. The van der Waals surface area contributed by atoms with E-state index >= 15 is 0 Å². The van der Waals surface area contributed by atoms with Gasteiger partial charge in [-0.25, -0.2) is 8.42 Å². The van der Waals surface area contributed by atoms with Gasteiger partial charge >= 0.3 is 0 Å². The highest BCUT2D eigenvalue weighted by atomic mass is 35.5. The van der Waals surface area contributed by atoms with E-state index in [1.807, 2.05) is 31.2 Å². The number of carbonyl (C=O) groups is 1. The highest BCUT2D eigenvalue weighted by molar-refractivity contribution is 7.92. The van der Waals surface area contributed by atoms with Crippen LogP contribution in [0.4, 0.5) is 5.69 Å². The molecule has 3 aromatic carbocycles. The van der Waals surface area contributed by atoms with Gasteiger partial charge in [-0.15, -0.1) is 0 Å². The summed E-state index contributed by atoms with van der Waals surface area (Å²) in [6.07, 6.45) is 0. The Kier molecular flexibility index (Phi) is 9.71. The molecule has 1 amide bonds. The lowest BCUT2D eigenvalue weighted by Gasteiger charge is -2.27. The number of anilines is 1. The highest BCUT2D eigenvalue weighted by Crippen LogP contribution is 2.37. The lowest BCUT2D eigenvalue weighted by Crippen LogP contribution is -2.45. The minimum absolute atomic E-state index is 0.105. The number of sulfonamides is 1. The van der Waals surface area contributed by atoms with Crippen LogP contribution < -0.4 is 28.6 Å². The first kappa shape index (κ1) is 28.9. The summed E-state index contributed by atoms with van der Waals surface area (Å²) in [6, 6.07) is 15.8. The van der Waals surface area contributed by atoms with Crippen LogP contribution in [0.1, 0.15) is 12.5 Å². The predicted molar refractivity (Wildman–Crippen MR) is 146 cm³/mol. The Balaban J connectivity index is 1.90. The van der Waals surface area contributed by atoms with Crippen molar-refractivity contribution in [3.05, 3.63) is 71.2 Å². The monoisotopic (exact) mass is 562 g/mol. The SMILES string of the molecule is COc1ccc(S(=O)(=O)N(CC(=O)NC(C)COc2ccccc2C)c2cc(Cl)ccc2OC)cc1OC. The number of nitrogens with zero attached hydrogens (tertiary/aromatic N) is 1. The van der Waals surface area contributed by atoms with Gasteiger partial charge in [-0.2, -0.15) is 0 Å². The summed E-state index contributed by atoms with van der Waals surface area (Å²) in [6.45, 7) is 3.35. The number of amides is 1. The van der Waals surface area contributed by atoms with Crippen molar-refractivity contribution in [1.29, 1.82) is 0 Å². The highest BCUT2D eigenvalue weighted by Gasteiger charge is 2.31. The Morgan fingerprint density at radius 1 is 0.921 bits per heavy atom. The molecular weight excluding hydrogens is 532 g/mol. The summed E-state index contributed by atoms with van der Waals surface area (Å²) in [7, 11) is -0.0334. The molecule has 0 aliphatic heterocycles. The van der Waals surface area contributed by atoms with Gasteiger partial charge < -0.3 is 24.3 Å². The smallest absolute Gasteiger partial charge is 0.265 e. The zero-order chi connectivity index (χ0) is 27.9. The van der Waals surface area contributed by atoms with Crippen LogP contribution in [0, 0.1) is 6.92 Å². The number of carbonyl (C=O) groups excluding carboxylic acids is 1. The second-order valence-corrected chi connectivity index (χ2v) is 10.7. The van der Waals surface area contributed by atoms with Gasteiger partial charge in [0.2, 0.25) is 5.91 Å². The summed E-state index contributed by atoms with van der Waals surface area (Å²) < 4.78 is 50.4. The summed E-state index contributed by atoms with van der Waals surface area (Å²) in [4.78, 5) is 13.0. The van der Waals surface area contributed by atoms with Crippen LogP contribution in [0.15, 0.2) is 65.6 Å². The fraction of sp³-hybridized carbons (Fsp3) is 0.296. The van der Waals surface area contributed by atoms with Crippen molar-refractivity contribution < 1.29 is 32.2 Å². The second-order valence-electron chi connectivity index (χ2n) is 8.39. The number of methoxy groups -OCH3 is 3. The van der Waals surface area contributed by atoms with Gasteiger partial charge in [0.05, 0.1) is 38.0 Å². The first-order chi connectivity index (χ1) is 18.1. The van der Waals surface area contributed by atoms with E-state index in [-0.39, 0.29) is 33.7 Å². The molecule has 204 valence electrons. The van der Waals surface area contributed by atoms with Crippen LogP contribution >= 0.6 is 11.6 Å². The van der Waals surface area contributed by atoms with Crippen molar-refractivity contribution in [2.24, 2.45) is 0 Å². The molecule has 1 unspecified atom stereocenters. The molecule has 1 N–H and O–H groups in total. The number of benzene rings is 3. The van der Waals surface area contributed by atoms with Crippen molar-refractivity contribution in [2.75, 3.05) is 38.8 Å². The van der Waals surface area contributed by atoms with E-state index in [1.54, 1.807) is 13.0 Å². The number of rotatable bonds is 12. The van der Waals surface area contributed by atoms with E-state index < -0.39 is 28.5 Å². The minimum atomic E-state index is -4.29. The van der Waals surface area contributed by atoms with Crippen molar-refractivity contribution in [3.8, 4) is 23.0 Å². The Morgan fingerprint density at radius 3 is 2.24 bits per heavy atom. The molecule has 0 heterocycles. The van der Waals surface area contributed by atoms with Crippen molar-refractivity contribution in [1.82, 2.24) is 5.32 Å². The van der Waals surface area contributed by atoms with E-state index in [9.17, 15) is 13.2 Å². The van der Waals surface area contributed by atoms with Crippen LogP contribution in [0.3, 0.4) is 0 Å². The molecule has 9 nitrogen and oxygen atoms in total. The van der Waals surface area contributed by atoms with Crippen molar-refractivity contribution >= 4 is 33.2 Å². The fourth-order valence-electron chi connectivity index (χ4n) is 3.69. The van der Waals surface area contributed by atoms with Gasteiger partial charge in [0.15, 0.2) is 11.5 Å². The molecule has 0 spiro atoms. The third-order valence-electron chi connectivity index (χ3n) is 5.63. The Bertz CT molecular complexity index is 1380. The van der Waals surface area contributed by atoms with Gasteiger partial charge in [0, 0.05) is 11.1 Å². The van der Waals surface area contributed by atoms with E-state index in [0.717, 1.165) is 9.87 Å². The number of para-hydroxylation sites is 1. The Morgan fingerprint density at radius 2 is 1.58 bits per heavy atom. The first-order valence-electron chi connectivity index (χ1n) is 11.7. The zero-order valence-corrected chi connectivity index (χ0v) is 23.4. The van der Waals surface area contributed by atoms with E-state index in [1.165, 1.54) is 51.7 Å². The molecule has 0 saturated carbocycles. The molecule has 11 heteroatoms. The third kappa shape index (κ3) is 6.81. The summed E-state index contributed by atoms with van der Waals surface area (Å²) >= 11 is 6.20. The van der Waals surface area contributed by atoms with E-state index in [2.05, 4.69) is 5.32 Å².